The molecule has 19 heavy (non-hydrogen) atoms. The van der Waals surface area contributed by atoms with Gasteiger partial charge in [-0.1, -0.05) is 6.92 Å². The average molecular weight is 269 g/mol. The van der Waals surface area contributed by atoms with Crippen molar-refractivity contribution in [1.82, 2.24) is 4.90 Å². The summed E-state index contributed by atoms with van der Waals surface area (Å²) in [6.45, 7) is 8.42. The van der Waals surface area contributed by atoms with E-state index in [1.807, 2.05) is 0 Å². The van der Waals surface area contributed by atoms with Crippen molar-refractivity contribution in [3.8, 4) is 0 Å². The number of carbonyl (C=O) groups is 1. The molecule has 4 heteroatoms. The predicted molar refractivity (Wildman–Crippen MR) is 74.1 cm³/mol. The first kappa shape index (κ1) is 14.8. The van der Waals surface area contributed by atoms with Crippen LogP contribution in [0.2, 0.25) is 0 Å². The molecule has 2 fully saturated rings. The molecule has 2 aliphatic heterocycles. The highest BCUT2D eigenvalue weighted by Gasteiger charge is 2.32. The summed E-state index contributed by atoms with van der Waals surface area (Å²) in [5.41, 5.74) is 0. The molecule has 2 rings (SSSR count). The highest BCUT2D eigenvalue weighted by Crippen LogP contribution is 2.30. The Bertz CT molecular complexity index is 302. The molecule has 110 valence electrons. The molecule has 2 aliphatic rings. The molecule has 0 bridgehead atoms. The second-order valence-corrected chi connectivity index (χ2v) is 6.34. The number of carboxylic acid groups (broad SMARTS) is 1. The Hall–Kier alpha value is -0.610. The second kappa shape index (κ2) is 6.71. The molecule has 0 amide bonds. The molecule has 2 heterocycles. The minimum absolute atomic E-state index is 0.285. The molecule has 0 spiro atoms. The summed E-state index contributed by atoms with van der Waals surface area (Å²) < 4.78 is 5.49. The number of hydrogen-bond acceptors (Lipinski definition) is 3. The number of piperidine rings is 1. The number of carboxylic acids is 1. The molecule has 0 radical (unpaired) electrons. The van der Waals surface area contributed by atoms with Gasteiger partial charge >= 0.3 is 5.97 Å². The first-order valence-electron chi connectivity index (χ1n) is 7.61. The first-order valence-corrected chi connectivity index (χ1v) is 7.61. The van der Waals surface area contributed by atoms with Crippen LogP contribution in [0.15, 0.2) is 0 Å². The molecule has 0 aliphatic carbocycles. The lowest BCUT2D eigenvalue weighted by molar-refractivity contribution is -0.138. The van der Waals surface area contributed by atoms with Gasteiger partial charge in [-0.2, -0.15) is 0 Å². The van der Waals surface area contributed by atoms with Crippen LogP contribution in [0.4, 0.5) is 0 Å². The fourth-order valence-electron chi connectivity index (χ4n) is 3.55. The van der Waals surface area contributed by atoms with Crippen molar-refractivity contribution in [1.29, 1.82) is 0 Å². The summed E-state index contributed by atoms with van der Waals surface area (Å²) in [7, 11) is 0. The van der Waals surface area contributed by atoms with Crippen molar-refractivity contribution >= 4 is 5.97 Å². The van der Waals surface area contributed by atoms with E-state index in [9.17, 15) is 4.79 Å². The monoisotopic (exact) mass is 269 g/mol. The summed E-state index contributed by atoms with van der Waals surface area (Å²) in [6, 6.07) is 0.572. The lowest BCUT2D eigenvalue weighted by atomic mass is 9.83. The van der Waals surface area contributed by atoms with Gasteiger partial charge in [-0.05, 0) is 50.5 Å². The van der Waals surface area contributed by atoms with Gasteiger partial charge in [0.1, 0.15) is 0 Å². The van der Waals surface area contributed by atoms with Crippen LogP contribution in [0, 0.1) is 17.8 Å². The Kier molecular flexibility index (Phi) is 5.22. The van der Waals surface area contributed by atoms with Gasteiger partial charge < -0.3 is 14.7 Å². The van der Waals surface area contributed by atoms with Gasteiger partial charge in [-0.25, -0.2) is 0 Å². The van der Waals surface area contributed by atoms with Crippen molar-refractivity contribution in [2.45, 2.75) is 45.6 Å². The number of rotatable bonds is 5. The van der Waals surface area contributed by atoms with Crippen molar-refractivity contribution in [3.05, 3.63) is 0 Å². The van der Waals surface area contributed by atoms with Crippen molar-refractivity contribution < 1.29 is 14.6 Å². The van der Waals surface area contributed by atoms with Gasteiger partial charge in [0.05, 0.1) is 6.61 Å². The molecule has 0 saturated carbocycles. The van der Waals surface area contributed by atoms with E-state index >= 15 is 0 Å². The number of hydrogen-bond donors (Lipinski definition) is 1. The van der Waals surface area contributed by atoms with Gasteiger partial charge in [-0.15, -0.1) is 0 Å². The van der Waals surface area contributed by atoms with Crippen LogP contribution >= 0.6 is 0 Å². The van der Waals surface area contributed by atoms with Crippen LogP contribution in [-0.4, -0.2) is 48.3 Å². The molecule has 4 nitrogen and oxygen atoms in total. The molecule has 4 unspecified atom stereocenters. The minimum atomic E-state index is -0.665. The number of nitrogens with zero attached hydrogens (tertiary/aromatic N) is 1. The van der Waals surface area contributed by atoms with Crippen LogP contribution in [-0.2, 0) is 9.53 Å². The maximum absolute atomic E-state index is 10.8. The standard InChI is InChI=1S/C15H27NO3/c1-11(8-15(17)18)13-4-3-6-16(9-13)12(2)14-5-7-19-10-14/h11-14H,3-10H2,1-2H3,(H,17,18). The molecule has 0 aromatic carbocycles. The molecule has 1 N–H and O–H groups in total. The molecule has 4 atom stereocenters. The molecular formula is C15H27NO3. The smallest absolute Gasteiger partial charge is 0.303 e. The zero-order chi connectivity index (χ0) is 13.8. The number of aliphatic carboxylic acids is 1. The maximum atomic E-state index is 10.8. The summed E-state index contributed by atoms with van der Waals surface area (Å²) in [5.74, 6) is 0.817. The quantitative estimate of drug-likeness (QED) is 0.831. The maximum Gasteiger partial charge on any atom is 0.303 e. The van der Waals surface area contributed by atoms with E-state index < -0.39 is 5.97 Å². The molecule has 2 saturated heterocycles. The zero-order valence-electron chi connectivity index (χ0n) is 12.2. The normalized spacial score (nSPS) is 32.1. The van der Waals surface area contributed by atoms with Gasteiger partial charge in [0.2, 0.25) is 0 Å². The molecular weight excluding hydrogens is 242 g/mol. The highest BCUT2D eigenvalue weighted by atomic mass is 16.5. The average Bonchev–Trinajstić information content (AvgIpc) is 2.91. The predicted octanol–water partition coefficient (Wildman–Crippen LogP) is 2.23. The molecule has 0 aromatic heterocycles. The van der Waals surface area contributed by atoms with Crippen LogP contribution in [0.3, 0.4) is 0 Å². The van der Waals surface area contributed by atoms with Crippen LogP contribution in [0.25, 0.3) is 0 Å². The lowest BCUT2D eigenvalue weighted by Gasteiger charge is -2.40. The minimum Gasteiger partial charge on any atom is -0.481 e. The lowest BCUT2D eigenvalue weighted by Crippen LogP contribution is -2.46. The van der Waals surface area contributed by atoms with Crippen molar-refractivity contribution in [3.63, 3.8) is 0 Å². The summed E-state index contributed by atoms with van der Waals surface area (Å²) >= 11 is 0. The third-order valence-electron chi connectivity index (χ3n) is 5.01. The van der Waals surface area contributed by atoms with E-state index in [1.54, 1.807) is 0 Å². The van der Waals surface area contributed by atoms with Crippen LogP contribution < -0.4 is 0 Å². The van der Waals surface area contributed by atoms with E-state index in [1.165, 1.54) is 19.3 Å². The summed E-state index contributed by atoms with van der Waals surface area (Å²) in [5, 5.41) is 8.93. The first-order chi connectivity index (χ1) is 9.08. The van der Waals surface area contributed by atoms with Crippen molar-refractivity contribution in [2.24, 2.45) is 17.8 Å². The summed E-state index contributed by atoms with van der Waals surface area (Å²) in [4.78, 5) is 13.4. The number of likely N-dealkylation sites (tertiary alicyclic amines) is 1. The topological polar surface area (TPSA) is 49.8 Å². The van der Waals surface area contributed by atoms with Crippen molar-refractivity contribution in [2.75, 3.05) is 26.3 Å². The summed E-state index contributed by atoms with van der Waals surface area (Å²) in [6.07, 6.45) is 3.86. The van der Waals surface area contributed by atoms with Crippen LogP contribution in [0.1, 0.15) is 39.5 Å². The van der Waals surface area contributed by atoms with E-state index in [2.05, 4.69) is 18.7 Å². The van der Waals surface area contributed by atoms with Gasteiger partial charge in [-0.3, -0.25) is 4.79 Å². The SMILES string of the molecule is CC(CC(=O)O)C1CCCN(C(C)C2CCOC2)C1. The van der Waals surface area contributed by atoms with E-state index in [0.717, 1.165) is 26.3 Å². The Morgan fingerprint density at radius 1 is 1.37 bits per heavy atom. The Morgan fingerprint density at radius 3 is 2.79 bits per heavy atom. The second-order valence-electron chi connectivity index (χ2n) is 6.34. The van der Waals surface area contributed by atoms with Crippen LogP contribution in [0.5, 0.6) is 0 Å². The van der Waals surface area contributed by atoms with Gasteiger partial charge in [0, 0.05) is 25.6 Å². The third-order valence-corrected chi connectivity index (χ3v) is 5.01. The van der Waals surface area contributed by atoms with E-state index in [4.69, 9.17) is 9.84 Å². The van der Waals surface area contributed by atoms with E-state index in [0.29, 0.717) is 24.3 Å². The highest BCUT2D eigenvalue weighted by molar-refractivity contribution is 5.67. The Balaban J connectivity index is 1.87. The van der Waals surface area contributed by atoms with Gasteiger partial charge in [0.25, 0.3) is 0 Å². The largest absolute Gasteiger partial charge is 0.481 e. The Labute approximate surface area is 116 Å². The van der Waals surface area contributed by atoms with E-state index in [-0.39, 0.29) is 5.92 Å². The Morgan fingerprint density at radius 2 is 2.16 bits per heavy atom. The van der Waals surface area contributed by atoms with Gasteiger partial charge in [0.15, 0.2) is 0 Å². The number of ether oxygens (including phenoxy) is 1. The fraction of sp³-hybridized carbons (Fsp3) is 0.933. The zero-order valence-corrected chi connectivity index (χ0v) is 12.2. The fourth-order valence-corrected chi connectivity index (χ4v) is 3.55. The molecule has 0 aromatic rings. The third kappa shape index (κ3) is 3.93.